The summed E-state index contributed by atoms with van der Waals surface area (Å²) in [6, 6.07) is 17.0. The van der Waals surface area contributed by atoms with Crippen molar-refractivity contribution >= 4 is 17.5 Å². The number of fused-ring (bicyclic) bond motifs is 1. The topological polar surface area (TPSA) is 64.1 Å². The van der Waals surface area contributed by atoms with Crippen molar-refractivity contribution in [2.75, 3.05) is 31.6 Å². The monoisotopic (exact) mass is 407 g/mol. The summed E-state index contributed by atoms with van der Waals surface area (Å²) >= 11 is 0. The van der Waals surface area contributed by atoms with Crippen LogP contribution in [0.3, 0.4) is 0 Å². The molecule has 6 nitrogen and oxygen atoms in total. The third-order valence-corrected chi connectivity index (χ3v) is 6.28. The summed E-state index contributed by atoms with van der Waals surface area (Å²) in [4.78, 5) is 31.7. The molecule has 0 spiro atoms. The predicted molar refractivity (Wildman–Crippen MR) is 116 cm³/mol. The summed E-state index contributed by atoms with van der Waals surface area (Å²) in [6.45, 7) is 3.62. The quantitative estimate of drug-likeness (QED) is 0.826. The van der Waals surface area contributed by atoms with Gasteiger partial charge in [0.15, 0.2) is 0 Å². The minimum atomic E-state index is -0.528. The van der Waals surface area contributed by atoms with Crippen LogP contribution in [0.5, 0.6) is 0 Å². The summed E-state index contributed by atoms with van der Waals surface area (Å²) in [5, 5.41) is 9.93. The first kappa shape index (κ1) is 20.6. The third kappa shape index (κ3) is 3.98. The maximum Gasteiger partial charge on any atom is 0.246 e. The molecular weight excluding hydrogens is 378 g/mol. The van der Waals surface area contributed by atoms with Crippen molar-refractivity contribution in [3.05, 3.63) is 65.7 Å². The van der Waals surface area contributed by atoms with Gasteiger partial charge in [0.05, 0.1) is 12.1 Å². The zero-order valence-electron chi connectivity index (χ0n) is 17.6. The van der Waals surface area contributed by atoms with Crippen molar-refractivity contribution in [1.82, 2.24) is 9.80 Å². The zero-order chi connectivity index (χ0) is 21.3. The second kappa shape index (κ2) is 8.58. The molecule has 3 atom stereocenters. The van der Waals surface area contributed by atoms with E-state index in [1.807, 2.05) is 61.6 Å². The van der Waals surface area contributed by atoms with Gasteiger partial charge < -0.3 is 10.0 Å². The molecule has 6 heteroatoms. The molecule has 1 N–H and O–H groups in total. The number of amides is 2. The van der Waals surface area contributed by atoms with Crippen molar-refractivity contribution in [1.29, 1.82) is 0 Å². The van der Waals surface area contributed by atoms with Gasteiger partial charge in [-0.3, -0.25) is 19.4 Å². The molecule has 2 aromatic carbocycles. The van der Waals surface area contributed by atoms with Gasteiger partial charge in [0.25, 0.3) is 0 Å². The van der Waals surface area contributed by atoms with E-state index in [9.17, 15) is 14.7 Å². The normalized spacial score (nSPS) is 22.0. The Hall–Kier alpha value is -2.70. The van der Waals surface area contributed by atoms with E-state index in [2.05, 4.69) is 4.90 Å². The molecule has 30 heavy (non-hydrogen) atoms. The van der Waals surface area contributed by atoms with E-state index in [4.69, 9.17) is 0 Å². The lowest BCUT2D eigenvalue weighted by atomic mass is 10.0. The minimum Gasteiger partial charge on any atom is -0.392 e. The first-order chi connectivity index (χ1) is 14.5. The van der Waals surface area contributed by atoms with Crippen LogP contribution in [0, 0.1) is 0 Å². The molecule has 2 aliphatic rings. The van der Waals surface area contributed by atoms with E-state index in [0.717, 1.165) is 29.8 Å². The van der Waals surface area contributed by atoms with Gasteiger partial charge in [-0.1, -0.05) is 48.5 Å². The average molecular weight is 408 g/mol. The van der Waals surface area contributed by atoms with Crippen LogP contribution in [0.1, 0.15) is 30.5 Å². The van der Waals surface area contributed by atoms with Crippen LogP contribution in [-0.4, -0.2) is 65.5 Å². The van der Waals surface area contributed by atoms with E-state index in [0.29, 0.717) is 19.5 Å². The third-order valence-electron chi connectivity index (χ3n) is 6.28. The number of aliphatic hydroxyl groups excluding tert-OH is 1. The van der Waals surface area contributed by atoms with Gasteiger partial charge in [-0.25, -0.2) is 0 Å². The number of hydrogen-bond acceptors (Lipinski definition) is 4. The lowest BCUT2D eigenvalue weighted by molar-refractivity contribution is -0.135. The second-order valence-electron chi connectivity index (χ2n) is 8.32. The standard InChI is InChI=1S/C24H29N3O3/c1-17(28)27-21-11-7-6-10-19(21)14-22(27)24(30)25(2)23(18-8-4-3-5-9-18)16-26-13-12-20(29)15-26/h3-11,20,22-23,29H,12-16H2,1-2H3/t20-,22?,23+/m0/s1. The van der Waals surface area contributed by atoms with Crippen LogP contribution in [0.25, 0.3) is 0 Å². The highest BCUT2D eigenvalue weighted by molar-refractivity contribution is 6.02. The second-order valence-corrected chi connectivity index (χ2v) is 8.32. The fourth-order valence-electron chi connectivity index (χ4n) is 4.71. The number of rotatable bonds is 5. The number of β-amino-alcohol motifs (C(OH)–C–C–N with tert-alkyl or cyclic N) is 1. The van der Waals surface area contributed by atoms with E-state index in [1.165, 1.54) is 6.92 Å². The summed E-state index contributed by atoms with van der Waals surface area (Å²) in [5.74, 6) is -0.180. The van der Waals surface area contributed by atoms with Gasteiger partial charge in [-0.05, 0) is 23.6 Å². The maximum absolute atomic E-state index is 13.6. The Kier molecular flexibility index (Phi) is 5.88. The molecule has 2 aliphatic heterocycles. The molecular formula is C24H29N3O3. The molecule has 0 aromatic heterocycles. The summed E-state index contributed by atoms with van der Waals surface area (Å²) in [6.07, 6.45) is 0.984. The molecule has 0 bridgehead atoms. The fourth-order valence-corrected chi connectivity index (χ4v) is 4.71. The molecule has 2 amide bonds. The molecule has 1 unspecified atom stereocenters. The van der Waals surface area contributed by atoms with Gasteiger partial charge in [-0.2, -0.15) is 0 Å². The van der Waals surface area contributed by atoms with Crippen molar-refractivity contribution < 1.29 is 14.7 Å². The number of para-hydroxylation sites is 1. The summed E-state index contributed by atoms with van der Waals surface area (Å²) < 4.78 is 0. The molecule has 0 aliphatic carbocycles. The zero-order valence-corrected chi connectivity index (χ0v) is 17.6. The van der Waals surface area contributed by atoms with Gasteiger partial charge in [0, 0.05) is 45.7 Å². The molecule has 2 aromatic rings. The summed E-state index contributed by atoms with van der Waals surface area (Å²) in [7, 11) is 1.83. The van der Waals surface area contributed by atoms with E-state index in [-0.39, 0.29) is 24.0 Å². The Balaban J connectivity index is 1.60. The Morgan fingerprint density at radius 1 is 1.13 bits per heavy atom. The van der Waals surface area contributed by atoms with Crippen molar-refractivity contribution in [2.24, 2.45) is 0 Å². The lowest BCUT2D eigenvalue weighted by Gasteiger charge is -2.35. The minimum absolute atomic E-state index is 0.0602. The van der Waals surface area contributed by atoms with Crippen LogP contribution >= 0.6 is 0 Å². The smallest absolute Gasteiger partial charge is 0.246 e. The Morgan fingerprint density at radius 2 is 1.83 bits per heavy atom. The number of benzene rings is 2. The molecule has 1 fully saturated rings. The molecule has 0 saturated carbocycles. The van der Waals surface area contributed by atoms with E-state index in [1.54, 1.807) is 9.80 Å². The number of carbonyl (C=O) groups excluding carboxylic acids is 2. The van der Waals surface area contributed by atoms with Crippen LogP contribution in [0.4, 0.5) is 5.69 Å². The van der Waals surface area contributed by atoms with Crippen LogP contribution in [0.2, 0.25) is 0 Å². The first-order valence-electron chi connectivity index (χ1n) is 10.6. The van der Waals surface area contributed by atoms with Crippen molar-refractivity contribution in [3.8, 4) is 0 Å². The van der Waals surface area contributed by atoms with Crippen LogP contribution < -0.4 is 4.90 Å². The molecule has 2 heterocycles. The number of likely N-dealkylation sites (tertiary alicyclic amines) is 1. The van der Waals surface area contributed by atoms with Gasteiger partial charge in [-0.15, -0.1) is 0 Å². The summed E-state index contributed by atoms with van der Waals surface area (Å²) in [5.41, 5.74) is 2.91. The number of aliphatic hydroxyl groups is 1. The Labute approximate surface area is 177 Å². The first-order valence-corrected chi connectivity index (χ1v) is 10.6. The van der Waals surface area contributed by atoms with Crippen molar-refractivity contribution in [3.63, 3.8) is 0 Å². The van der Waals surface area contributed by atoms with Gasteiger partial charge in [0.1, 0.15) is 6.04 Å². The van der Waals surface area contributed by atoms with E-state index < -0.39 is 6.04 Å². The number of carbonyl (C=O) groups is 2. The van der Waals surface area contributed by atoms with Crippen LogP contribution in [0.15, 0.2) is 54.6 Å². The Morgan fingerprint density at radius 3 is 2.50 bits per heavy atom. The van der Waals surface area contributed by atoms with E-state index >= 15 is 0 Å². The SMILES string of the molecule is CC(=O)N1c2ccccc2CC1C(=O)N(C)[C@H](CN1CC[C@H](O)C1)c1ccccc1. The van der Waals surface area contributed by atoms with Gasteiger partial charge >= 0.3 is 0 Å². The molecule has 1 saturated heterocycles. The van der Waals surface area contributed by atoms with Crippen molar-refractivity contribution in [2.45, 2.75) is 38.0 Å². The molecule has 4 rings (SSSR count). The molecule has 158 valence electrons. The number of nitrogens with zero attached hydrogens (tertiary/aromatic N) is 3. The number of hydrogen-bond donors (Lipinski definition) is 1. The Bertz CT molecular complexity index is 917. The lowest BCUT2D eigenvalue weighted by Crippen LogP contribution is -2.50. The highest BCUT2D eigenvalue weighted by Gasteiger charge is 2.40. The maximum atomic E-state index is 13.6. The number of anilines is 1. The highest BCUT2D eigenvalue weighted by Crippen LogP contribution is 2.34. The van der Waals surface area contributed by atoms with Gasteiger partial charge in [0.2, 0.25) is 11.8 Å². The fraction of sp³-hybridized carbons (Fsp3) is 0.417. The molecule has 0 radical (unpaired) electrons. The number of likely N-dealkylation sites (N-methyl/N-ethyl adjacent to an activating group) is 1. The highest BCUT2D eigenvalue weighted by atomic mass is 16.3. The van der Waals surface area contributed by atoms with Crippen LogP contribution in [-0.2, 0) is 16.0 Å². The predicted octanol–water partition coefficient (Wildman–Crippen LogP) is 2.23. The average Bonchev–Trinajstić information content (AvgIpc) is 3.34. The largest absolute Gasteiger partial charge is 0.392 e.